The van der Waals surface area contributed by atoms with E-state index in [1.165, 1.54) is 0 Å². The van der Waals surface area contributed by atoms with Crippen LogP contribution in [0.3, 0.4) is 0 Å². The van der Waals surface area contributed by atoms with Crippen molar-refractivity contribution in [3.8, 4) is 0 Å². The third-order valence-corrected chi connectivity index (χ3v) is 8.04. The van der Waals surface area contributed by atoms with E-state index in [1.807, 2.05) is 65.8 Å². The molecular weight excluding hydrogens is 434 g/mol. The van der Waals surface area contributed by atoms with Crippen molar-refractivity contribution in [3.63, 3.8) is 0 Å². The molecule has 6 atom stereocenters. The Bertz CT molecular complexity index is 914. The summed E-state index contributed by atoms with van der Waals surface area (Å²) >= 11 is 0. The molecule has 4 heterocycles. The van der Waals surface area contributed by atoms with Gasteiger partial charge in [-0.25, -0.2) is 0 Å². The number of aliphatic hydroxyl groups is 1. The SMILES string of the molecule is CCCN1CC=C[C@@]2(C)O[C@]34C=CCN(C(C)C)C(=O)C3N([C@@H](CO)C(C)C)C(=O)[C@@H]4[C@H]2C1=O. The number of fused-ring (bicyclic) bond motifs is 2. The molecule has 0 radical (unpaired) electrons. The van der Waals surface area contributed by atoms with Gasteiger partial charge >= 0.3 is 0 Å². The smallest absolute Gasteiger partial charge is 0.249 e. The van der Waals surface area contributed by atoms with Crippen molar-refractivity contribution < 1.29 is 24.2 Å². The average molecular weight is 474 g/mol. The van der Waals surface area contributed by atoms with Crippen LogP contribution in [0, 0.1) is 17.8 Å². The highest BCUT2D eigenvalue weighted by Gasteiger charge is 2.75. The van der Waals surface area contributed by atoms with Crippen molar-refractivity contribution in [2.75, 3.05) is 26.2 Å². The summed E-state index contributed by atoms with van der Waals surface area (Å²) in [6, 6.07) is -1.56. The van der Waals surface area contributed by atoms with E-state index in [0.717, 1.165) is 6.42 Å². The molecular formula is C26H39N3O5. The molecule has 3 amide bonds. The van der Waals surface area contributed by atoms with Gasteiger partial charge in [-0.15, -0.1) is 0 Å². The molecule has 4 aliphatic rings. The number of carbonyl (C=O) groups excluding carboxylic acids is 3. The van der Waals surface area contributed by atoms with Crippen LogP contribution >= 0.6 is 0 Å². The molecule has 1 unspecified atom stereocenters. The van der Waals surface area contributed by atoms with Crippen LogP contribution in [0.5, 0.6) is 0 Å². The minimum absolute atomic E-state index is 0.0704. The minimum atomic E-state index is -1.27. The molecule has 2 saturated heterocycles. The van der Waals surface area contributed by atoms with Gasteiger partial charge in [0.05, 0.1) is 30.1 Å². The van der Waals surface area contributed by atoms with Crippen molar-refractivity contribution in [1.82, 2.24) is 14.7 Å². The average Bonchev–Trinajstić information content (AvgIpc) is 3.02. The zero-order valence-electron chi connectivity index (χ0n) is 21.2. The summed E-state index contributed by atoms with van der Waals surface area (Å²) < 4.78 is 6.79. The predicted octanol–water partition coefficient (Wildman–Crippen LogP) is 1.59. The van der Waals surface area contributed by atoms with Gasteiger partial charge in [0.1, 0.15) is 11.6 Å². The van der Waals surface area contributed by atoms with E-state index in [0.29, 0.717) is 19.6 Å². The van der Waals surface area contributed by atoms with Crippen molar-refractivity contribution in [2.45, 2.75) is 77.3 Å². The molecule has 4 rings (SSSR count). The summed E-state index contributed by atoms with van der Waals surface area (Å²) in [6.45, 7) is 12.9. The highest BCUT2D eigenvalue weighted by atomic mass is 16.5. The number of ether oxygens (including phenoxy) is 1. The minimum Gasteiger partial charge on any atom is -0.394 e. The second-order valence-corrected chi connectivity index (χ2v) is 10.9. The molecule has 0 aliphatic carbocycles. The summed E-state index contributed by atoms with van der Waals surface area (Å²) in [5.41, 5.74) is -2.27. The van der Waals surface area contributed by atoms with Crippen molar-refractivity contribution in [3.05, 3.63) is 24.3 Å². The molecule has 8 heteroatoms. The normalized spacial score (nSPS) is 36.2. The lowest BCUT2D eigenvalue weighted by Gasteiger charge is -2.41. The highest BCUT2D eigenvalue weighted by Crippen LogP contribution is 2.58. The molecule has 1 spiro atoms. The third-order valence-electron chi connectivity index (χ3n) is 8.04. The van der Waals surface area contributed by atoms with Gasteiger partial charge in [0.2, 0.25) is 17.7 Å². The molecule has 188 valence electrons. The molecule has 0 aromatic heterocycles. The maximum absolute atomic E-state index is 14.2. The Morgan fingerprint density at radius 3 is 2.29 bits per heavy atom. The van der Waals surface area contributed by atoms with E-state index in [-0.39, 0.29) is 36.3 Å². The second-order valence-electron chi connectivity index (χ2n) is 10.9. The fraction of sp³-hybridized carbons (Fsp3) is 0.731. The molecule has 8 nitrogen and oxygen atoms in total. The Balaban J connectivity index is 1.91. The number of amides is 3. The maximum atomic E-state index is 14.2. The Hall–Kier alpha value is -2.19. The summed E-state index contributed by atoms with van der Waals surface area (Å²) in [5, 5.41) is 10.3. The number of carbonyl (C=O) groups is 3. The fourth-order valence-electron chi connectivity index (χ4n) is 6.44. The zero-order valence-corrected chi connectivity index (χ0v) is 21.2. The number of likely N-dealkylation sites (tertiary alicyclic amines) is 1. The van der Waals surface area contributed by atoms with Gasteiger partial charge in [-0.05, 0) is 33.1 Å². The molecule has 1 N–H and O–H groups in total. The van der Waals surface area contributed by atoms with E-state index in [9.17, 15) is 19.5 Å². The van der Waals surface area contributed by atoms with Crippen LogP contribution in [-0.2, 0) is 19.1 Å². The van der Waals surface area contributed by atoms with Gasteiger partial charge in [0, 0.05) is 25.7 Å². The zero-order chi connectivity index (χ0) is 25.0. The lowest BCUT2D eigenvalue weighted by atomic mass is 9.74. The van der Waals surface area contributed by atoms with Crippen LogP contribution < -0.4 is 0 Å². The van der Waals surface area contributed by atoms with Gasteiger partial charge in [-0.1, -0.05) is 45.1 Å². The lowest BCUT2D eigenvalue weighted by Crippen LogP contribution is -2.60. The van der Waals surface area contributed by atoms with E-state index in [4.69, 9.17) is 4.74 Å². The first-order valence-electron chi connectivity index (χ1n) is 12.6. The van der Waals surface area contributed by atoms with Crippen LogP contribution in [0.1, 0.15) is 48.0 Å². The van der Waals surface area contributed by atoms with Crippen LogP contribution in [0.2, 0.25) is 0 Å². The third kappa shape index (κ3) is 3.44. The summed E-state index contributed by atoms with van der Waals surface area (Å²) in [4.78, 5) is 47.2. The first-order valence-corrected chi connectivity index (χ1v) is 12.6. The number of aliphatic hydroxyl groups excluding tert-OH is 1. The van der Waals surface area contributed by atoms with Crippen LogP contribution in [0.15, 0.2) is 24.3 Å². The Kier molecular flexibility index (Phi) is 6.44. The van der Waals surface area contributed by atoms with Crippen LogP contribution in [-0.4, -0.2) is 93.1 Å². The number of rotatable bonds is 6. The van der Waals surface area contributed by atoms with Crippen molar-refractivity contribution in [1.29, 1.82) is 0 Å². The van der Waals surface area contributed by atoms with Crippen molar-refractivity contribution in [2.24, 2.45) is 17.8 Å². The van der Waals surface area contributed by atoms with Gasteiger partial charge in [-0.3, -0.25) is 14.4 Å². The van der Waals surface area contributed by atoms with E-state index >= 15 is 0 Å². The van der Waals surface area contributed by atoms with Gasteiger partial charge < -0.3 is 24.5 Å². The summed E-state index contributed by atoms with van der Waals surface area (Å²) in [5.74, 6) is -2.25. The Morgan fingerprint density at radius 1 is 1.03 bits per heavy atom. The topological polar surface area (TPSA) is 90.4 Å². The van der Waals surface area contributed by atoms with Crippen LogP contribution in [0.25, 0.3) is 0 Å². The van der Waals surface area contributed by atoms with Gasteiger partial charge in [0.25, 0.3) is 0 Å². The number of hydrogen-bond acceptors (Lipinski definition) is 5. The highest BCUT2D eigenvalue weighted by molar-refractivity contribution is 6.00. The largest absolute Gasteiger partial charge is 0.394 e. The van der Waals surface area contributed by atoms with Crippen molar-refractivity contribution >= 4 is 17.7 Å². The molecule has 4 aliphatic heterocycles. The first-order chi connectivity index (χ1) is 16.0. The second kappa shape index (κ2) is 8.79. The Morgan fingerprint density at radius 2 is 1.71 bits per heavy atom. The number of nitrogens with zero attached hydrogens (tertiary/aromatic N) is 3. The molecule has 0 aromatic carbocycles. The van der Waals surface area contributed by atoms with Gasteiger partial charge in [-0.2, -0.15) is 0 Å². The Labute approximate surface area is 202 Å². The van der Waals surface area contributed by atoms with Gasteiger partial charge in [0.15, 0.2) is 0 Å². The monoisotopic (exact) mass is 473 g/mol. The number of hydrogen-bond donors (Lipinski definition) is 1. The van der Waals surface area contributed by atoms with E-state index in [1.54, 1.807) is 14.7 Å². The fourth-order valence-corrected chi connectivity index (χ4v) is 6.44. The molecule has 0 aromatic rings. The maximum Gasteiger partial charge on any atom is 0.249 e. The standard InChI is InChI=1S/C26H39N3O5/c1-7-12-27-13-8-10-25(6)19(22(27)31)20-23(32)29(18(15-30)16(2)3)21-24(33)28(17(4)5)14-9-11-26(20,21)34-25/h8-11,16-21,30H,7,12-15H2,1-6H3/t18-,19-,20-,21?,25+,26-/m0/s1. The lowest BCUT2D eigenvalue weighted by molar-refractivity contribution is -0.157. The molecule has 2 fully saturated rings. The molecule has 0 bridgehead atoms. The van der Waals surface area contributed by atoms with E-state index < -0.39 is 35.1 Å². The summed E-state index contributed by atoms with van der Waals surface area (Å²) in [6.07, 6.45) is 8.42. The molecule has 34 heavy (non-hydrogen) atoms. The predicted molar refractivity (Wildman–Crippen MR) is 128 cm³/mol. The van der Waals surface area contributed by atoms with E-state index in [2.05, 4.69) is 0 Å². The quantitative estimate of drug-likeness (QED) is 0.592. The first kappa shape index (κ1) is 24.9. The summed E-state index contributed by atoms with van der Waals surface area (Å²) in [7, 11) is 0. The van der Waals surface area contributed by atoms with Crippen LogP contribution in [0.4, 0.5) is 0 Å². The molecule has 0 saturated carbocycles.